The molecular weight excluding hydrogens is 430 g/mol. The fourth-order valence-corrected chi connectivity index (χ4v) is 6.54. The van der Waals surface area contributed by atoms with Crippen molar-refractivity contribution in [3.63, 3.8) is 0 Å². The molecule has 156 valence electrons. The molecule has 4 rings (SSSR count). The van der Waals surface area contributed by atoms with Gasteiger partial charge in [-0.05, 0) is 43.2 Å². The summed E-state index contributed by atoms with van der Waals surface area (Å²) in [6.07, 6.45) is 1.67. The number of sulfone groups is 1. The van der Waals surface area contributed by atoms with E-state index in [-0.39, 0.29) is 34.1 Å². The SMILES string of the molecule is O=C(Nc1nc(-c2cc(F)ccc2F)cs1)C1(S(=O)(=O)c2ccccc2)CCCC1. The Balaban J connectivity index is 1.64. The van der Waals surface area contributed by atoms with Crippen LogP contribution in [0.25, 0.3) is 11.3 Å². The summed E-state index contributed by atoms with van der Waals surface area (Å²) >= 11 is 1.02. The van der Waals surface area contributed by atoms with Crippen LogP contribution in [0.2, 0.25) is 0 Å². The van der Waals surface area contributed by atoms with E-state index in [2.05, 4.69) is 10.3 Å². The van der Waals surface area contributed by atoms with Crippen LogP contribution in [0, 0.1) is 11.6 Å². The number of hydrogen-bond acceptors (Lipinski definition) is 5. The van der Waals surface area contributed by atoms with Gasteiger partial charge in [0.25, 0.3) is 0 Å². The van der Waals surface area contributed by atoms with E-state index in [9.17, 15) is 22.0 Å². The van der Waals surface area contributed by atoms with Crippen molar-refractivity contribution in [2.24, 2.45) is 0 Å². The molecule has 9 heteroatoms. The predicted octanol–water partition coefficient (Wildman–Crippen LogP) is 4.81. The molecule has 1 aromatic heterocycles. The molecule has 0 bridgehead atoms. The molecule has 1 saturated carbocycles. The first-order valence-electron chi connectivity index (χ1n) is 9.36. The van der Waals surface area contributed by atoms with Gasteiger partial charge in [-0.1, -0.05) is 31.0 Å². The van der Waals surface area contributed by atoms with E-state index < -0.39 is 32.1 Å². The molecule has 1 amide bonds. The van der Waals surface area contributed by atoms with E-state index in [0.29, 0.717) is 12.8 Å². The lowest BCUT2D eigenvalue weighted by atomic mass is 10.1. The number of halogens is 2. The van der Waals surface area contributed by atoms with Gasteiger partial charge in [0.2, 0.25) is 5.91 Å². The number of carbonyl (C=O) groups is 1. The molecule has 0 aliphatic heterocycles. The topological polar surface area (TPSA) is 76.1 Å². The Morgan fingerprint density at radius 1 is 1.07 bits per heavy atom. The van der Waals surface area contributed by atoms with Gasteiger partial charge >= 0.3 is 0 Å². The largest absolute Gasteiger partial charge is 0.301 e. The first-order chi connectivity index (χ1) is 14.3. The molecule has 0 unspecified atom stereocenters. The maximum absolute atomic E-state index is 14.0. The molecule has 0 radical (unpaired) electrons. The minimum atomic E-state index is -3.92. The average molecular weight is 449 g/mol. The van der Waals surface area contributed by atoms with E-state index in [1.807, 2.05) is 0 Å². The molecule has 30 heavy (non-hydrogen) atoms. The highest BCUT2D eigenvalue weighted by Crippen LogP contribution is 2.41. The molecule has 3 aromatic rings. The normalized spacial score (nSPS) is 15.8. The Labute approximate surface area is 176 Å². The monoisotopic (exact) mass is 448 g/mol. The number of carbonyl (C=O) groups excluding carboxylic acids is 1. The Kier molecular flexibility index (Phi) is 5.42. The molecule has 1 heterocycles. The number of hydrogen-bond donors (Lipinski definition) is 1. The van der Waals surface area contributed by atoms with Crippen LogP contribution in [0.4, 0.5) is 13.9 Å². The van der Waals surface area contributed by atoms with Gasteiger partial charge in [0, 0.05) is 10.9 Å². The van der Waals surface area contributed by atoms with Crippen LogP contribution < -0.4 is 5.32 Å². The first kappa shape index (κ1) is 20.6. The smallest absolute Gasteiger partial charge is 0.248 e. The van der Waals surface area contributed by atoms with Crippen LogP contribution in [0.5, 0.6) is 0 Å². The Morgan fingerprint density at radius 3 is 2.47 bits per heavy atom. The number of nitrogens with one attached hydrogen (secondary N) is 1. The third-order valence-electron chi connectivity index (χ3n) is 5.32. The second-order valence-electron chi connectivity index (χ2n) is 7.13. The summed E-state index contributed by atoms with van der Waals surface area (Å²) in [5.41, 5.74) is 0.137. The summed E-state index contributed by atoms with van der Waals surface area (Å²) in [5, 5.41) is 4.22. The number of anilines is 1. The van der Waals surface area contributed by atoms with Crippen molar-refractivity contribution in [1.82, 2.24) is 4.98 Å². The lowest BCUT2D eigenvalue weighted by Gasteiger charge is -2.27. The van der Waals surface area contributed by atoms with Gasteiger partial charge in [-0.15, -0.1) is 11.3 Å². The molecule has 1 N–H and O–H groups in total. The van der Waals surface area contributed by atoms with Crippen molar-refractivity contribution >= 4 is 32.2 Å². The zero-order chi connectivity index (χ0) is 21.4. The van der Waals surface area contributed by atoms with Gasteiger partial charge < -0.3 is 5.32 Å². The molecule has 0 spiro atoms. The predicted molar refractivity (Wildman–Crippen MR) is 111 cm³/mol. The first-order valence-corrected chi connectivity index (χ1v) is 11.7. The Bertz CT molecular complexity index is 1190. The number of amides is 1. The minimum absolute atomic E-state index is 0.0285. The highest BCUT2D eigenvalue weighted by atomic mass is 32.2. The molecule has 1 fully saturated rings. The van der Waals surface area contributed by atoms with Crippen LogP contribution in [0.15, 0.2) is 58.8 Å². The van der Waals surface area contributed by atoms with Crippen molar-refractivity contribution in [3.8, 4) is 11.3 Å². The molecule has 2 aromatic carbocycles. The second-order valence-corrected chi connectivity index (χ2v) is 10.3. The third kappa shape index (κ3) is 3.52. The van der Waals surface area contributed by atoms with Crippen molar-refractivity contribution < 1.29 is 22.0 Å². The second kappa shape index (κ2) is 7.88. The van der Waals surface area contributed by atoms with Crippen LogP contribution >= 0.6 is 11.3 Å². The molecule has 5 nitrogen and oxygen atoms in total. The number of benzene rings is 2. The lowest BCUT2D eigenvalue weighted by Crippen LogP contribution is -2.47. The molecule has 0 atom stereocenters. The van der Waals surface area contributed by atoms with E-state index in [4.69, 9.17) is 0 Å². The summed E-state index contributed by atoms with van der Waals surface area (Å²) in [5.74, 6) is -1.90. The van der Waals surface area contributed by atoms with Crippen LogP contribution in [0.1, 0.15) is 25.7 Å². The summed E-state index contributed by atoms with van der Waals surface area (Å²) in [7, 11) is -3.92. The third-order valence-corrected chi connectivity index (χ3v) is 8.59. The highest BCUT2D eigenvalue weighted by Gasteiger charge is 2.53. The maximum atomic E-state index is 14.0. The fraction of sp³-hybridized carbons (Fsp3) is 0.238. The quantitative estimate of drug-likeness (QED) is 0.608. The van der Waals surface area contributed by atoms with Crippen LogP contribution in [-0.2, 0) is 14.6 Å². The lowest BCUT2D eigenvalue weighted by molar-refractivity contribution is -0.118. The number of thiazole rings is 1. The zero-order valence-electron chi connectivity index (χ0n) is 15.8. The van der Waals surface area contributed by atoms with Crippen LogP contribution in [-0.4, -0.2) is 24.1 Å². The van der Waals surface area contributed by atoms with E-state index in [1.165, 1.54) is 17.5 Å². The van der Waals surface area contributed by atoms with E-state index in [1.54, 1.807) is 18.2 Å². The zero-order valence-corrected chi connectivity index (χ0v) is 17.4. The standard InChI is InChI=1S/C21H18F2N2O3S2/c22-14-8-9-17(23)16(12-14)18-13-29-20(24-18)25-19(26)21(10-4-5-11-21)30(27,28)15-6-2-1-3-7-15/h1-3,6-9,12-13H,4-5,10-11H2,(H,24,25,26). The average Bonchev–Trinajstić information content (AvgIpc) is 3.41. The van der Waals surface area contributed by atoms with Crippen molar-refractivity contribution in [3.05, 3.63) is 65.5 Å². The molecular formula is C21H18F2N2O3S2. The number of nitrogens with zero attached hydrogens (tertiary/aromatic N) is 1. The van der Waals surface area contributed by atoms with Gasteiger partial charge in [0.15, 0.2) is 19.7 Å². The van der Waals surface area contributed by atoms with Crippen molar-refractivity contribution in [2.45, 2.75) is 35.3 Å². The fourth-order valence-electron chi connectivity index (χ4n) is 3.75. The van der Waals surface area contributed by atoms with Crippen LogP contribution in [0.3, 0.4) is 0 Å². The van der Waals surface area contributed by atoms with Gasteiger partial charge in [-0.2, -0.15) is 0 Å². The molecule has 1 aliphatic carbocycles. The highest BCUT2D eigenvalue weighted by molar-refractivity contribution is 7.93. The van der Waals surface area contributed by atoms with E-state index >= 15 is 0 Å². The van der Waals surface area contributed by atoms with Gasteiger partial charge in [-0.25, -0.2) is 22.2 Å². The summed E-state index contributed by atoms with van der Waals surface area (Å²) in [4.78, 5) is 17.4. The summed E-state index contributed by atoms with van der Waals surface area (Å²) in [6.45, 7) is 0. The Morgan fingerprint density at radius 2 is 1.77 bits per heavy atom. The summed E-state index contributed by atoms with van der Waals surface area (Å²) in [6, 6.07) is 10.9. The Hall–Kier alpha value is -2.65. The van der Waals surface area contributed by atoms with Crippen molar-refractivity contribution in [2.75, 3.05) is 5.32 Å². The maximum Gasteiger partial charge on any atom is 0.248 e. The van der Waals surface area contributed by atoms with Gasteiger partial charge in [0.1, 0.15) is 11.6 Å². The van der Waals surface area contributed by atoms with Gasteiger partial charge in [0.05, 0.1) is 10.6 Å². The van der Waals surface area contributed by atoms with Gasteiger partial charge in [-0.3, -0.25) is 4.79 Å². The number of aromatic nitrogens is 1. The number of rotatable bonds is 5. The summed E-state index contributed by atoms with van der Waals surface area (Å²) < 4.78 is 52.6. The molecule has 0 saturated heterocycles. The van der Waals surface area contributed by atoms with E-state index in [0.717, 1.165) is 29.5 Å². The minimum Gasteiger partial charge on any atom is -0.301 e. The molecule has 1 aliphatic rings. The van der Waals surface area contributed by atoms with Crippen molar-refractivity contribution in [1.29, 1.82) is 0 Å².